The summed E-state index contributed by atoms with van der Waals surface area (Å²) in [4.78, 5) is 14.7. The van der Waals surface area contributed by atoms with Crippen molar-refractivity contribution in [3.05, 3.63) is 224 Å². The SMILES string of the molecule is FC(F)(F)c1cc(-c2nc(-c3ccccc3)nc(-c3ccccc3)n2)c2oc3ccccc3c2c1-n1c2ccc(-c3ccc4sc5ccccc5c4c3)cc2c2c3c4ccccc4n(-c4ccccc4)c3ccc21. The molecule has 0 spiro atoms. The van der Waals surface area contributed by atoms with Crippen LogP contribution in [0.15, 0.2) is 223 Å². The van der Waals surface area contributed by atoms with E-state index in [4.69, 9.17) is 19.4 Å². The maximum absolute atomic E-state index is 16.7. The summed E-state index contributed by atoms with van der Waals surface area (Å²) in [5.74, 6) is 0.690. The van der Waals surface area contributed by atoms with Gasteiger partial charge in [-0.2, -0.15) is 13.2 Å². The van der Waals surface area contributed by atoms with E-state index in [0.29, 0.717) is 44.8 Å². The summed E-state index contributed by atoms with van der Waals surface area (Å²) >= 11 is 1.76. The van der Waals surface area contributed by atoms with Crippen molar-refractivity contribution >= 4 is 97.1 Å². The van der Waals surface area contributed by atoms with E-state index in [1.165, 1.54) is 20.9 Å². The lowest BCUT2D eigenvalue weighted by Gasteiger charge is -2.19. The Bertz CT molecular complexity index is 4710. The fourth-order valence-corrected chi connectivity index (χ4v) is 12.3. The largest absolute Gasteiger partial charge is 0.455 e. The highest BCUT2D eigenvalue weighted by molar-refractivity contribution is 7.25. The molecule has 0 aliphatic carbocycles. The zero-order valence-electron chi connectivity index (χ0n) is 39.0. The minimum Gasteiger partial charge on any atom is -0.455 e. The van der Waals surface area contributed by atoms with Gasteiger partial charge in [-0.3, -0.25) is 0 Å². The maximum Gasteiger partial charge on any atom is 0.418 e. The van der Waals surface area contributed by atoms with Crippen LogP contribution >= 0.6 is 11.3 Å². The fourth-order valence-electron chi connectivity index (χ4n) is 11.2. The van der Waals surface area contributed by atoms with E-state index >= 15 is 13.2 Å². The third-order valence-corrected chi connectivity index (χ3v) is 15.5. The molecule has 0 saturated heterocycles. The third-order valence-electron chi connectivity index (χ3n) is 14.4. The minimum absolute atomic E-state index is 0.0492. The molecule has 0 aliphatic heterocycles. The number of benzene rings is 10. The van der Waals surface area contributed by atoms with Crippen LogP contribution in [0, 0.1) is 0 Å². The number of alkyl halides is 3. The van der Waals surface area contributed by atoms with Gasteiger partial charge < -0.3 is 13.6 Å². The molecule has 5 aromatic heterocycles. The van der Waals surface area contributed by atoms with Crippen LogP contribution in [0.4, 0.5) is 13.2 Å². The Kier molecular flexibility index (Phi) is 9.19. The van der Waals surface area contributed by atoms with E-state index in [1.54, 1.807) is 17.4 Å². The van der Waals surface area contributed by atoms with Gasteiger partial charge in [0.2, 0.25) is 0 Å². The highest BCUT2D eigenvalue weighted by Crippen LogP contribution is 2.50. The van der Waals surface area contributed by atoms with Crippen molar-refractivity contribution in [2.75, 3.05) is 0 Å². The predicted octanol–water partition coefficient (Wildman–Crippen LogP) is 18.0. The van der Waals surface area contributed by atoms with Gasteiger partial charge in [-0.25, -0.2) is 15.0 Å². The van der Waals surface area contributed by atoms with Gasteiger partial charge in [-0.15, -0.1) is 11.3 Å². The highest BCUT2D eigenvalue weighted by Gasteiger charge is 2.39. The van der Waals surface area contributed by atoms with Gasteiger partial charge in [0.25, 0.3) is 0 Å². The first kappa shape index (κ1) is 42.3. The zero-order chi connectivity index (χ0) is 49.2. The molecule has 5 heterocycles. The van der Waals surface area contributed by atoms with Gasteiger partial charge in [0.1, 0.15) is 11.2 Å². The molecule has 10 heteroatoms. The summed E-state index contributed by atoms with van der Waals surface area (Å²) in [6, 6.07) is 70.9. The van der Waals surface area contributed by atoms with Crippen molar-refractivity contribution in [2.24, 2.45) is 0 Å². The predicted molar refractivity (Wildman–Crippen MR) is 295 cm³/mol. The van der Waals surface area contributed by atoms with Gasteiger partial charge >= 0.3 is 6.18 Å². The third kappa shape index (κ3) is 6.41. The molecule has 0 N–H and O–H groups in total. The standard InChI is InChI=1S/C64H36F3N5OS/c65-64(66,67)48-36-47(63-69-61(37-16-4-1-5-17-37)68-62(70-63)38-18-6-2-7-19-38)60-58(44-24-11-14-26-53(44)73-60)59(48)72-50-30-28-39(40-29-33-55-45(34-40)42-22-12-15-27-54(42)74-55)35-46(50)57-52(72)32-31-51-56(57)43-23-10-13-25-49(43)71(51)41-20-8-3-9-21-41/h1-36H. The molecule has 0 bridgehead atoms. The van der Waals surface area contributed by atoms with Gasteiger partial charge in [0, 0.05) is 63.9 Å². The van der Waals surface area contributed by atoms with E-state index in [1.807, 2.05) is 138 Å². The molecular formula is C64H36F3N5OS. The lowest BCUT2D eigenvalue weighted by atomic mass is 9.99. The number of nitrogens with zero attached hydrogens (tertiary/aromatic N) is 5. The van der Waals surface area contributed by atoms with E-state index in [2.05, 4.69) is 77.4 Å². The van der Waals surface area contributed by atoms with Crippen LogP contribution in [0.5, 0.6) is 0 Å². The monoisotopic (exact) mass is 979 g/mol. The Morgan fingerprint density at radius 2 is 0.919 bits per heavy atom. The van der Waals surface area contributed by atoms with Crippen molar-refractivity contribution in [2.45, 2.75) is 6.18 Å². The fraction of sp³-hybridized carbons (Fsp3) is 0.0156. The minimum atomic E-state index is -4.87. The Balaban J connectivity index is 1.08. The summed E-state index contributed by atoms with van der Waals surface area (Å²) in [5, 5.41) is 6.73. The van der Waals surface area contributed by atoms with Crippen molar-refractivity contribution in [1.29, 1.82) is 0 Å². The van der Waals surface area contributed by atoms with E-state index in [9.17, 15) is 0 Å². The van der Waals surface area contributed by atoms with Gasteiger partial charge in [-0.05, 0) is 83.9 Å². The summed E-state index contributed by atoms with van der Waals surface area (Å²) in [6.45, 7) is 0. The molecule has 15 rings (SSSR count). The van der Waals surface area contributed by atoms with Crippen LogP contribution in [0.3, 0.4) is 0 Å². The lowest BCUT2D eigenvalue weighted by Crippen LogP contribution is -2.12. The summed E-state index contributed by atoms with van der Waals surface area (Å²) in [7, 11) is 0. The average Bonchev–Trinajstić information content (AvgIpc) is 4.20. The van der Waals surface area contributed by atoms with Crippen molar-refractivity contribution in [1.82, 2.24) is 24.1 Å². The molecule has 0 fully saturated rings. The van der Waals surface area contributed by atoms with Crippen LogP contribution in [0.1, 0.15) is 5.56 Å². The molecule has 0 radical (unpaired) electrons. The van der Waals surface area contributed by atoms with E-state index in [-0.39, 0.29) is 28.0 Å². The Labute approximate surface area is 423 Å². The molecular weight excluding hydrogens is 944 g/mol. The van der Waals surface area contributed by atoms with Crippen molar-refractivity contribution < 1.29 is 17.6 Å². The number of furan rings is 1. The number of fused-ring (bicyclic) bond motifs is 13. The second-order valence-corrected chi connectivity index (χ2v) is 19.7. The molecule has 6 nitrogen and oxygen atoms in total. The Morgan fingerprint density at radius 1 is 0.392 bits per heavy atom. The molecule has 0 amide bonds. The summed E-state index contributed by atoms with van der Waals surface area (Å²) in [6.07, 6.45) is -4.87. The number of halogens is 3. The van der Waals surface area contributed by atoms with Crippen LogP contribution in [0.2, 0.25) is 0 Å². The van der Waals surface area contributed by atoms with Crippen molar-refractivity contribution in [3.63, 3.8) is 0 Å². The second kappa shape index (κ2) is 16.1. The lowest BCUT2D eigenvalue weighted by molar-refractivity contribution is -0.137. The number of hydrogen-bond acceptors (Lipinski definition) is 5. The first-order valence-corrected chi connectivity index (χ1v) is 25.1. The number of para-hydroxylation sites is 3. The molecule has 350 valence electrons. The normalized spacial score (nSPS) is 12.3. The number of hydrogen-bond donors (Lipinski definition) is 0. The first-order valence-electron chi connectivity index (χ1n) is 24.2. The quantitative estimate of drug-likeness (QED) is 0.167. The first-order chi connectivity index (χ1) is 36.3. The molecule has 0 unspecified atom stereocenters. The second-order valence-electron chi connectivity index (χ2n) is 18.6. The van der Waals surface area contributed by atoms with Gasteiger partial charge in [0.05, 0.1) is 44.3 Å². The van der Waals surface area contributed by atoms with Crippen molar-refractivity contribution in [3.8, 4) is 56.7 Å². The van der Waals surface area contributed by atoms with Crippen LogP contribution in [-0.4, -0.2) is 24.1 Å². The summed E-state index contributed by atoms with van der Waals surface area (Å²) < 4.78 is 63.4. The highest BCUT2D eigenvalue weighted by atomic mass is 32.1. The molecule has 10 aromatic carbocycles. The molecule has 0 saturated carbocycles. The van der Waals surface area contributed by atoms with Crippen LogP contribution in [-0.2, 0) is 6.18 Å². The Hall–Kier alpha value is -9.38. The van der Waals surface area contributed by atoms with Crippen LogP contribution in [0.25, 0.3) is 142 Å². The topological polar surface area (TPSA) is 61.7 Å². The smallest absolute Gasteiger partial charge is 0.418 e. The van der Waals surface area contributed by atoms with Gasteiger partial charge in [-0.1, -0.05) is 146 Å². The maximum atomic E-state index is 16.7. The van der Waals surface area contributed by atoms with Gasteiger partial charge in [0.15, 0.2) is 17.5 Å². The Morgan fingerprint density at radius 3 is 1.64 bits per heavy atom. The van der Waals surface area contributed by atoms with Crippen LogP contribution < -0.4 is 0 Å². The number of rotatable bonds is 6. The molecule has 0 aliphatic rings. The molecule has 74 heavy (non-hydrogen) atoms. The molecule has 0 atom stereocenters. The van der Waals surface area contributed by atoms with E-state index in [0.717, 1.165) is 54.8 Å². The summed E-state index contributed by atoms with van der Waals surface area (Å²) in [5.41, 5.74) is 7.29. The number of thiophene rings is 1. The zero-order valence-corrected chi connectivity index (χ0v) is 39.8. The number of aromatic nitrogens is 5. The van der Waals surface area contributed by atoms with E-state index < -0.39 is 11.7 Å². The molecule has 15 aromatic rings. The average molecular weight is 980 g/mol.